The van der Waals surface area contributed by atoms with E-state index in [2.05, 4.69) is 30.4 Å². The number of amides is 1. The van der Waals surface area contributed by atoms with Gasteiger partial charge in [0, 0.05) is 13.2 Å². The Bertz CT molecular complexity index is 659. The van der Waals surface area contributed by atoms with E-state index in [9.17, 15) is 4.79 Å². The Labute approximate surface area is 156 Å². The standard InChI is InChI=1S/C22H31NO3/c1-2-25-11-3-4-16-5-6-18-13-19(8-7-17(18)12-16)20-9-10-22(14-20)15-26-21(24)23-22/h7-8,13,16,20H,2-6,9-12,14-15H2,1H3,(H,23,24)/t16-,20-,22-/m1/s1. The van der Waals surface area contributed by atoms with Gasteiger partial charge in [-0.3, -0.25) is 0 Å². The molecular weight excluding hydrogens is 326 g/mol. The van der Waals surface area contributed by atoms with Crippen LogP contribution < -0.4 is 5.32 Å². The van der Waals surface area contributed by atoms with E-state index < -0.39 is 0 Å². The number of rotatable bonds is 6. The number of benzene rings is 1. The molecule has 0 radical (unpaired) electrons. The van der Waals surface area contributed by atoms with E-state index in [0.29, 0.717) is 12.5 Å². The Morgan fingerprint density at radius 3 is 3.04 bits per heavy atom. The maximum absolute atomic E-state index is 11.4. The summed E-state index contributed by atoms with van der Waals surface area (Å²) in [5, 5.41) is 3.05. The molecule has 2 fully saturated rings. The highest BCUT2D eigenvalue weighted by atomic mass is 16.6. The molecule has 1 amide bonds. The highest BCUT2D eigenvalue weighted by molar-refractivity contribution is 5.70. The average molecular weight is 357 g/mol. The zero-order chi connectivity index (χ0) is 18.0. The van der Waals surface area contributed by atoms with E-state index in [4.69, 9.17) is 9.47 Å². The van der Waals surface area contributed by atoms with Gasteiger partial charge >= 0.3 is 6.09 Å². The molecule has 142 valence electrons. The van der Waals surface area contributed by atoms with E-state index in [-0.39, 0.29) is 11.6 Å². The van der Waals surface area contributed by atoms with Crippen LogP contribution in [-0.2, 0) is 22.3 Å². The van der Waals surface area contributed by atoms with Crippen molar-refractivity contribution in [1.29, 1.82) is 0 Å². The van der Waals surface area contributed by atoms with Gasteiger partial charge in [0.15, 0.2) is 0 Å². The van der Waals surface area contributed by atoms with Crippen LogP contribution in [0, 0.1) is 5.92 Å². The van der Waals surface area contributed by atoms with Gasteiger partial charge in [-0.25, -0.2) is 4.79 Å². The van der Waals surface area contributed by atoms with Crippen molar-refractivity contribution in [2.75, 3.05) is 19.8 Å². The smallest absolute Gasteiger partial charge is 0.407 e. The Morgan fingerprint density at radius 2 is 2.23 bits per heavy atom. The first-order valence-corrected chi connectivity index (χ1v) is 10.3. The molecule has 1 aliphatic heterocycles. The predicted molar refractivity (Wildman–Crippen MR) is 101 cm³/mol. The third-order valence-electron chi connectivity index (χ3n) is 6.59. The molecule has 4 nitrogen and oxygen atoms in total. The number of carbonyl (C=O) groups excluding carboxylic acids is 1. The lowest BCUT2D eigenvalue weighted by Gasteiger charge is -2.26. The molecule has 26 heavy (non-hydrogen) atoms. The van der Waals surface area contributed by atoms with Crippen molar-refractivity contribution < 1.29 is 14.3 Å². The second-order valence-corrected chi connectivity index (χ2v) is 8.40. The summed E-state index contributed by atoms with van der Waals surface area (Å²) in [5.41, 5.74) is 4.45. The number of hydrogen-bond acceptors (Lipinski definition) is 3. The lowest BCUT2D eigenvalue weighted by molar-refractivity contribution is 0.138. The van der Waals surface area contributed by atoms with E-state index in [1.165, 1.54) is 37.7 Å². The minimum Gasteiger partial charge on any atom is -0.447 e. The van der Waals surface area contributed by atoms with Crippen molar-refractivity contribution in [2.24, 2.45) is 5.92 Å². The molecular formula is C22H31NO3. The minimum absolute atomic E-state index is 0.108. The molecule has 1 spiro atoms. The van der Waals surface area contributed by atoms with Crippen molar-refractivity contribution in [3.05, 3.63) is 34.9 Å². The van der Waals surface area contributed by atoms with Gasteiger partial charge in [-0.1, -0.05) is 18.2 Å². The Balaban J connectivity index is 1.36. The molecule has 1 saturated carbocycles. The van der Waals surface area contributed by atoms with Gasteiger partial charge < -0.3 is 14.8 Å². The molecule has 0 unspecified atom stereocenters. The van der Waals surface area contributed by atoms with Crippen LogP contribution in [0.2, 0.25) is 0 Å². The quantitative estimate of drug-likeness (QED) is 0.770. The summed E-state index contributed by atoms with van der Waals surface area (Å²) in [5.74, 6) is 1.36. The molecule has 2 aliphatic carbocycles. The predicted octanol–water partition coefficient (Wildman–Crippen LogP) is 4.35. The first kappa shape index (κ1) is 17.8. The van der Waals surface area contributed by atoms with Crippen molar-refractivity contribution in [3.63, 3.8) is 0 Å². The van der Waals surface area contributed by atoms with Crippen LogP contribution in [0.15, 0.2) is 18.2 Å². The lowest BCUT2D eigenvalue weighted by Crippen LogP contribution is -2.40. The normalized spacial score (nSPS) is 30.3. The molecule has 0 aromatic heterocycles. The number of fused-ring (bicyclic) bond motifs is 1. The summed E-state index contributed by atoms with van der Waals surface area (Å²) in [4.78, 5) is 11.4. The third kappa shape index (κ3) is 3.75. The number of alkyl carbamates (subject to hydrolysis) is 1. The average Bonchev–Trinajstić information content (AvgIpc) is 3.24. The second-order valence-electron chi connectivity index (χ2n) is 8.40. The van der Waals surface area contributed by atoms with Crippen molar-refractivity contribution in [3.8, 4) is 0 Å². The summed E-state index contributed by atoms with van der Waals surface area (Å²) in [6, 6.07) is 7.16. The fraction of sp³-hybridized carbons (Fsp3) is 0.682. The van der Waals surface area contributed by atoms with Crippen LogP contribution >= 0.6 is 0 Å². The van der Waals surface area contributed by atoms with Gasteiger partial charge in [0.2, 0.25) is 0 Å². The monoisotopic (exact) mass is 357 g/mol. The Kier molecular flexibility index (Phi) is 5.21. The van der Waals surface area contributed by atoms with Crippen molar-refractivity contribution in [2.45, 2.75) is 69.7 Å². The summed E-state index contributed by atoms with van der Waals surface area (Å²) in [7, 11) is 0. The largest absolute Gasteiger partial charge is 0.447 e. The second kappa shape index (κ2) is 7.59. The van der Waals surface area contributed by atoms with Gasteiger partial charge in [0.05, 0.1) is 5.54 Å². The molecule has 1 N–H and O–H groups in total. The summed E-state index contributed by atoms with van der Waals surface area (Å²) in [6.07, 6.45) is 9.14. The van der Waals surface area contributed by atoms with E-state index in [1.807, 2.05) is 0 Å². The topological polar surface area (TPSA) is 47.6 Å². The number of cyclic esters (lactones) is 1. The SMILES string of the molecule is CCOCCC[C@@H]1CCc2cc([C@@H]3CC[C@]4(COC(=O)N4)C3)ccc2C1. The highest BCUT2D eigenvalue weighted by Gasteiger charge is 2.46. The van der Waals surface area contributed by atoms with Crippen LogP contribution in [0.5, 0.6) is 0 Å². The fourth-order valence-corrected chi connectivity index (χ4v) is 5.12. The van der Waals surface area contributed by atoms with E-state index in [1.54, 1.807) is 11.1 Å². The van der Waals surface area contributed by atoms with Gasteiger partial charge in [-0.2, -0.15) is 0 Å². The summed E-state index contributed by atoms with van der Waals surface area (Å²) < 4.78 is 10.6. The third-order valence-corrected chi connectivity index (χ3v) is 6.59. The molecule has 4 rings (SSSR count). The molecule has 3 aliphatic rings. The van der Waals surface area contributed by atoms with Crippen LogP contribution in [0.25, 0.3) is 0 Å². The lowest BCUT2D eigenvalue weighted by atomic mass is 9.80. The van der Waals surface area contributed by atoms with Gasteiger partial charge in [0.1, 0.15) is 6.61 Å². The zero-order valence-corrected chi connectivity index (χ0v) is 15.9. The molecule has 4 heteroatoms. The minimum atomic E-state index is -0.244. The zero-order valence-electron chi connectivity index (χ0n) is 15.9. The van der Waals surface area contributed by atoms with Crippen LogP contribution in [0.1, 0.15) is 68.1 Å². The maximum atomic E-state index is 11.4. The number of carbonyl (C=O) groups is 1. The first-order valence-electron chi connectivity index (χ1n) is 10.3. The summed E-state index contributed by atoms with van der Waals surface area (Å²) >= 11 is 0. The molecule has 0 bridgehead atoms. The van der Waals surface area contributed by atoms with Crippen molar-refractivity contribution >= 4 is 6.09 Å². The first-order chi connectivity index (χ1) is 12.7. The van der Waals surface area contributed by atoms with Gasteiger partial charge in [-0.05, 0) is 86.8 Å². The molecule has 1 saturated heterocycles. The number of aryl methyl sites for hydroxylation is 1. The van der Waals surface area contributed by atoms with E-state index >= 15 is 0 Å². The highest BCUT2D eigenvalue weighted by Crippen LogP contribution is 2.43. The van der Waals surface area contributed by atoms with Crippen LogP contribution in [0.4, 0.5) is 4.79 Å². The number of hydrogen-bond donors (Lipinski definition) is 1. The summed E-state index contributed by atoms with van der Waals surface area (Å²) in [6.45, 7) is 4.34. The molecule has 3 atom stereocenters. The number of nitrogens with one attached hydrogen (secondary N) is 1. The fourth-order valence-electron chi connectivity index (χ4n) is 5.12. The van der Waals surface area contributed by atoms with Crippen molar-refractivity contribution in [1.82, 2.24) is 5.32 Å². The van der Waals surface area contributed by atoms with Crippen LogP contribution in [-0.4, -0.2) is 31.5 Å². The molecule has 1 aromatic carbocycles. The van der Waals surface area contributed by atoms with Crippen LogP contribution in [0.3, 0.4) is 0 Å². The Morgan fingerprint density at radius 1 is 1.31 bits per heavy atom. The van der Waals surface area contributed by atoms with E-state index in [0.717, 1.165) is 38.4 Å². The molecule has 1 aromatic rings. The van der Waals surface area contributed by atoms with Gasteiger partial charge in [0.25, 0.3) is 0 Å². The number of ether oxygens (including phenoxy) is 2. The van der Waals surface area contributed by atoms with Gasteiger partial charge in [-0.15, -0.1) is 0 Å². The maximum Gasteiger partial charge on any atom is 0.407 e. The Hall–Kier alpha value is -1.55. The molecule has 1 heterocycles.